The lowest BCUT2D eigenvalue weighted by Gasteiger charge is -2.15. The van der Waals surface area contributed by atoms with Crippen LogP contribution in [0.2, 0.25) is 0 Å². The third-order valence-corrected chi connectivity index (χ3v) is 3.38. The number of rotatable bonds is 5. The van der Waals surface area contributed by atoms with Gasteiger partial charge in [-0.05, 0) is 24.8 Å². The Morgan fingerprint density at radius 2 is 1.80 bits per heavy atom. The normalized spacial score (nSPS) is 10.8. The number of hydrogen-bond acceptors (Lipinski definition) is 4. The van der Waals surface area contributed by atoms with E-state index in [1.54, 1.807) is 0 Å². The number of nitrogens with two attached hydrogens (primary N) is 1. The van der Waals surface area contributed by atoms with Crippen molar-refractivity contribution >= 4 is 5.82 Å². The second kappa shape index (κ2) is 6.48. The molecule has 20 heavy (non-hydrogen) atoms. The first-order valence-electron chi connectivity index (χ1n) is 6.99. The van der Waals surface area contributed by atoms with Crippen LogP contribution in [0.25, 0.3) is 0 Å². The Balaban J connectivity index is 2.19. The summed E-state index contributed by atoms with van der Waals surface area (Å²) in [5.74, 6) is 7.53. The molecule has 0 bridgehead atoms. The molecule has 106 valence electrons. The van der Waals surface area contributed by atoms with Gasteiger partial charge < -0.3 is 5.43 Å². The summed E-state index contributed by atoms with van der Waals surface area (Å²) in [6, 6.07) is 10.4. The highest BCUT2D eigenvalue weighted by atomic mass is 15.3. The second-order valence-electron chi connectivity index (χ2n) is 5.27. The first-order valence-corrected chi connectivity index (χ1v) is 6.99. The van der Waals surface area contributed by atoms with E-state index in [9.17, 15) is 0 Å². The fourth-order valence-corrected chi connectivity index (χ4v) is 2.45. The van der Waals surface area contributed by atoms with Crippen molar-refractivity contribution < 1.29 is 0 Å². The topological polar surface area (TPSA) is 63.8 Å². The Morgan fingerprint density at radius 3 is 2.40 bits per heavy atom. The van der Waals surface area contributed by atoms with Crippen LogP contribution in [0.3, 0.4) is 0 Å². The van der Waals surface area contributed by atoms with Gasteiger partial charge in [0.2, 0.25) is 0 Å². The first kappa shape index (κ1) is 14.5. The monoisotopic (exact) mass is 270 g/mol. The van der Waals surface area contributed by atoms with Crippen LogP contribution >= 0.6 is 0 Å². The molecule has 0 aliphatic carbocycles. The summed E-state index contributed by atoms with van der Waals surface area (Å²) in [7, 11) is 0. The van der Waals surface area contributed by atoms with E-state index in [1.165, 1.54) is 5.56 Å². The van der Waals surface area contributed by atoms with Gasteiger partial charge in [0.25, 0.3) is 0 Å². The minimum Gasteiger partial charge on any atom is -0.308 e. The Kier molecular flexibility index (Phi) is 4.69. The molecule has 0 aliphatic rings. The van der Waals surface area contributed by atoms with E-state index in [2.05, 4.69) is 53.5 Å². The maximum Gasteiger partial charge on any atom is 0.147 e. The third kappa shape index (κ3) is 3.33. The number of benzene rings is 1. The van der Waals surface area contributed by atoms with E-state index in [0.29, 0.717) is 5.92 Å². The van der Waals surface area contributed by atoms with Gasteiger partial charge in [0.1, 0.15) is 11.6 Å². The van der Waals surface area contributed by atoms with Crippen LogP contribution in [-0.4, -0.2) is 9.97 Å². The number of aromatic nitrogens is 2. The maximum absolute atomic E-state index is 5.59. The second-order valence-corrected chi connectivity index (χ2v) is 5.27. The summed E-state index contributed by atoms with van der Waals surface area (Å²) in [5, 5.41) is 0. The minimum atomic E-state index is 0.351. The van der Waals surface area contributed by atoms with E-state index in [1.807, 2.05) is 13.0 Å². The van der Waals surface area contributed by atoms with Crippen LogP contribution in [0.5, 0.6) is 0 Å². The zero-order valence-electron chi connectivity index (χ0n) is 12.4. The molecular weight excluding hydrogens is 248 g/mol. The van der Waals surface area contributed by atoms with Crippen molar-refractivity contribution in [3.8, 4) is 0 Å². The van der Waals surface area contributed by atoms with Crippen molar-refractivity contribution in [3.05, 3.63) is 53.0 Å². The molecule has 4 nitrogen and oxygen atoms in total. The standard InChI is InChI=1S/C16H22N4/c1-11(2)15-12(3)18-14(19-16(15)20-17)10-9-13-7-5-4-6-8-13/h4-8,11H,9-10,17H2,1-3H3,(H,18,19,20). The molecule has 3 N–H and O–H groups in total. The van der Waals surface area contributed by atoms with Gasteiger partial charge in [-0.1, -0.05) is 44.2 Å². The predicted octanol–water partition coefficient (Wildman–Crippen LogP) is 2.98. The first-order chi connectivity index (χ1) is 9.61. The number of nitrogens with one attached hydrogen (secondary N) is 1. The number of nitrogens with zero attached hydrogens (tertiary/aromatic N) is 2. The number of anilines is 1. The molecule has 0 saturated heterocycles. The summed E-state index contributed by atoms with van der Waals surface area (Å²) in [5.41, 5.74) is 6.10. The molecule has 0 unspecified atom stereocenters. The quantitative estimate of drug-likeness (QED) is 0.647. The van der Waals surface area contributed by atoms with Crippen molar-refractivity contribution in [1.29, 1.82) is 0 Å². The largest absolute Gasteiger partial charge is 0.308 e. The summed E-state index contributed by atoms with van der Waals surface area (Å²) >= 11 is 0. The van der Waals surface area contributed by atoms with Crippen LogP contribution in [0.15, 0.2) is 30.3 Å². The average Bonchev–Trinajstić information content (AvgIpc) is 2.45. The van der Waals surface area contributed by atoms with Crippen LogP contribution in [0.1, 0.15) is 42.4 Å². The van der Waals surface area contributed by atoms with Gasteiger partial charge in [0.15, 0.2) is 0 Å². The van der Waals surface area contributed by atoms with Crippen molar-refractivity contribution in [3.63, 3.8) is 0 Å². The molecule has 1 aromatic carbocycles. The highest BCUT2D eigenvalue weighted by Crippen LogP contribution is 2.24. The van der Waals surface area contributed by atoms with Crippen LogP contribution in [-0.2, 0) is 12.8 Å². The van der Waals surface area contributed by atoms with Crippen molar-refractivity contribution in [2.45, 2.75) is 39.5 Å². The van der Waals surface area contributed by atoms with Gasteiger partial charge in [-0.15, -0.1) is 0 Å². The molecular formula is C16H22N4. The highest BCUT2D eigenvalue weighted by molar-refractivity contribution is 5.47. The lowest BCUT2D eigenvalue weighted by molar-refractivity contribution is 0.790. The van der Waals surface area contributed by atoms with Gasteiger partial charge in [-0.25, -0.2) is 15.8 Å². The summed E-state index contributed by atoms with van der Waals surface area (Å²) in [6.07, 6.45) is 1.75. The highest BCUT2D eigenvalue weighted by Gasteiger charge is 2.13. The van der Waals surface area contributed by atoms with Gasteiger partial charge in [-0.3, -0.25) is 0 Å². The molecule has 1 heterocycles. The third-order valence-electron chi connectivity index (χ3n) is 3.38. The zero-order chi connectivity index (χ0) is 14.5. The molecule has 0 amide bonds. The Bertz CT molecular complexity index is 564. The minimum absolute atomic E-state index is 0.351. The van der Waals surface area contributed by atoms with E-state index in [-0.39, 0.29) is 0 Å². The number of nitrogen functional groups attached to an aromatic ring is 1. The van der Waals surface area contributed by atoms with Crippen LogP contribution < -0.4 is 11.3 Å². The molecule has 4 heteroatoms. The summed E-state index contributed by atoms with van der Waals surface area (Å²) in [4.78, 5) is 9.15. The lowest BCUT2D eigenvalue weighted by atomic mass is 10.0. The van der Waals surface area contributed by atoms with Crippen LogP contribution in [0, 0.1) is 6.92 Å². The Hall–Kier alpha value is -1.94. The molecule has 0 fully saturated rings. The molecule has 2 aromatic rings. The molecule has 0 spiro atoms. The van der Waals surface area contributed by atoms with Gasteiger partial charge >= 0.3 is 0 Å². The SMILES string of the molecule is Cc1nc(CCc2ccccc2)nc(NN)c1C(C)C. The van der Waals surface area contributed by atoms with Crippen molar-refractivity contribution in [2.75, 3.05) is 5.43 Å². The molecule has 0 saturated carbocycles. The average molecular weight is 270 g/mol. The van der Waals surface area contributed by atoms with Crippen molar-refractivity contribution in [1.82, 2.24) is 9.97 Å². The summed E-state index contributed by atoms with van der Waals surface area (Å²) in [6.45, 7) is 6.26. The molecule has 1 aromatic heterocycles. The number of hydrogen-bond donors (Lipinski definition) is 2. The van der Waals surface area contributed by atoms with Crippen molar-refractivity contribution in [2.24, 2.45) is 5.84 Å². The molecule has 0 aliphatic heterocycles. The molecule has 2 rings (SSSR count). The zero-order valence-corrected chi connectivity index (χ0v) is 12.4. The molecule has 0 atom stereocenters. The maximum atomic E-state index is 5.59. The van der Waals surface area contributed by atoms with Crippen LogP contribution in [0.4, 0.5) is 5.82 Å². The number of hydrazine groups is 1. The van der Waals surface area contributed by atoms with Gasteiger partial charge in [0.05, 0.1) is 0 Å². The van der Waals surface area contributed by atoms with E-state index >= 15 is 0 Å². The predicted molar refractivity (Wildman–Crippen MR) is 82.5 cm³/mol. The van der Waals surface area contributed by atoms with Gasteiger partial charge in [0, 0.05) is 17.7 Å². The lowest BCUT2D eigenvalue weighted by Crippen LogP contribution is -2.16. The van der Waals surface area contributed by atoms with E-state index in [0.717, 1.165) is 35.7 Å². The van der Waals surface area contributed by atoms with E-state index < -0.39 is 0 Å². The molecule has 0 radical (unpaired) electrons. The fourth-order valence-electron chi connectivity index (χ4n) is 2.45. The Labute approximate surface area is 120 Å². The fraction of sp³-hybridized carbons (Fsp3) is 0.375. The number of aryl methyl sites for hydroxylation is 3. The van der Waals surface area contributed by atoms with Gasteiger partial charge in [-0.2, -0.15) is 0 Å². The van der Waals surface area contributed by atoms with E-state index in [4.69, 9.17) is 5.84 Å². The smallest absolute Gasteiger partial charge is 0.147 e. The summed E-state index contributed by atoms with van der Waals surface area (Å²) < 4.78 is 0. The Morgan fingerprint density at radius 1 is 1.10 bits per heavy atom.